The van der Waals surface area contributed by atoms with Crippen molar-refractivity contribution in [1.82, 2.24) is 0 Å². The van der Waals surface area contributed by atoms with Crippen LogP contribution in [0.25, 0.3) is 0 Å². The van der Waals surface area contributed by atoms with Crippen molar-refractivity contribution in [2.75, 3.05) is 0 Å². The van der Waals surface area contributed by atoms with Crippen molar-refractivity contribution in [3.05, 3.63) is 29.8 Å². The van der Waals surface area contributed by atoms with Crippen molar-refractivity contribution in [3.8, 4) is 5.75 Å². The van der Waals surface area contributed by atoms with Gasteiger partial charge in [0, 0.05) is 12.5 Å². The molecule has 1 unspecified atom stereocenters. The van der Waals surface area contributed by atoms with Gasteiger partial charge in [-0.2, -0.15) is 0 Å². The minimum absolute atomic E-state index is 0.000904. The maximum atomic E-state index is 10.6. The summed E-state index contributed by atoms with van der Waals surface area (Å²) in [7, 11) is 0. The van der Waals surface area contributed by atoms with Crippen molar-refractivity contribution in [2.24, 2.45) is 11.5 Å². The molecule has 0 heterocycles. The highest BCUT2D eigenvalue weighted by Gasteiger charge is 2.07. The van der Waals surface area contributed by atoms with Crippen LogP contribution in [-0.2, 0) is 4.79 Å². The predicted molar refractivity (Wildman–Crippen MR) is 76.8 cm³/mol. The third-order valence-electron chi connectivity index (χ3n) is 2.87. The first-order valence-electron chi connectivity index (χ1n) is 6.79. The molecule has 0 bridgehead atoms. The Morgan fingerprint density at radius 3 is 2.37 bits per heavy atom. The van der Waals surface area contributed by atoms with Gasteiger partial charge in [0.2, 0.25) is 5.91 Å². The molecule has 0 aliphatic carbocycles. The molecule has 19 heavy (non-hydrogen) atoms. The molecule has 4 nitrogen and oxygen atoms in total. The number of primary amides is 1. The number of hydrogen-bond donors (Lipinski definition) is 2. The normalized spacial score (nSPS) is 12.4. The second-order valence-corrected chi connectivity index (χ2v) is 5.05. The fraction of sp³-hybridized carbons (Fsp3) is 0.533. The molecule has 4 N–H and O–H groups in total. The second-order valence-electron chi connectivity index (χ2n) is 5.05. The molecular formula is C15H24N2O2. The van der Waals surface area contributed by atoms with Gasteiger partial charge in [-0.15, -0.1) is 0 Å². The smallest absolute Gasteiger partial charge is 0.217 e. The Kier molecular flexibility index (Phi) is 6.36. The van der Waals surface area contributed by atoms with Crippen molar-refractivity contribution in [3.63, 3.8) is 0 Å². The highest BCUT2D eigenvalue weighted by atomic mass is 16.5. The quantitative estimate of drug-likeness (QED) is 0.708. The van der Waals surface area contributed by atoms with E-state index in [0.29, 0.717) is 6.42 Å². The van der Waals surface area contributed by atoms with Gasteiger partial charge in [0.05, 0.1) is 6.10 Å². The van der Waals surface area contributed by atoms with Gasteiger partial charge >= 0.3 is 0 Å². The Balaban J connectivity index is 2.39. The number of benzene rings is 1. The van der Waals surface area contributed by atoms with Gasteiger partial charge in [-0.25, -0.2) is 0 Å². The van der Waals surface area contributed by atoms with Crippen LogP contribution in [0.3, 0.4) is 0 Å². The Morgan fingerprint density at radius 1 is 1.21 bits per heavy atom. The lowest BCUT2D eigenvalue weighted by Crippen LogP contribution is -2.12. The largest absolute Gasteiger partial charge is 0.491 e. The highest BCUT2D eigenvalue weighted by Crippen LogP contribution is 2.21. The number of rotatable bonds is 8. The maximum absolute atomic E-state index is 10.6. The molecule has 106 valence electrons. The molecule has 1 aromatic rings. The van der Waals surface area contributed by atoms with Crippen molar-refractivity contribution < 1.29 is 9.53 Å². The van der Waals surface area contributed by atoms with E-state index in [9.17, 15) is 4.79 Å². The number of amides is 1. The minimum Gasteiger partial charge on any atom is -0.491 e. The van der Waals surface area contributed by atoms with E-state index >= 15 is 0 Å². The number of carbonyl (C=O) groups is 1. The summed E-state index contributed by atoms with van der Waals surface area (Å²) in [6.45, 7) is 4.00. The molecule has 1 amide bonds. The van der Waals surface area contributed by atoms with E-state index < -0.39 is 0 Å². The SMILES string of the molecule is CC(C)Oc1ccc(C(N)CCCCC(N)=O)cc1. The van der Waals surface area contributed by atoms with E-state index in [1.807, 2.05) is 38.1 Å². The maximum Gasteiger partial charge on any atom is 0.217 e. The first-order chi connectivity index (χ1) is 8.99. The second kappa shape index (κ2) is 7.79. The summed E-state index contributed by atoms with van der Waals surface area (Å²) in [6, 6.07) is 7.88. The molecule has 0 radical (unpaired) electrons. The van der Waals surface area contributed by atoms with Crippen LogP contribution in [-0.4, -0.2) is 12.0 Å². The summed E-state index contributed by atoms with van der Waals surface area (Å²) in [5.74, 6) is 0.614. The lowest BCUT2D eigenvalue weighted by atomic mass is 10.0. The monoisotopic (exact) mass is 264 g/mol. The standard InChI is InChI=1S/C15H24N2O2/c1-11(2)19-13-9-7-12(8-10-13)14(16)5-3-4-6-15(17)18/h7-11,14H,3-6,16H2,1-2H3,(H2,17,18). The molecular weight excluding hydrogens is 240 g/mol. The third kappa shape index (κ3) is 6.25. The van der Waals surface area contributed by atoms with Crippen molar-refractivity contribution >= 4 is 5.91 Å². The number of ether oxygens (including phenoxy) is 1. The van der Waals surface area contributed by atoms with E-state index in [-0.39, 0.29) is 18.1 Å². The average Bonchev–Trinajstić information content (AvgIpc) is 2.34. The van der Waals surface area contributed by atoms with Crippen LogP contribution >= 0.6 is 0 Å². The van der Waals surface area contributed by atoms with Crippen LogP contribution < -0.4 is 16.2 Å². The molecule has 4 heteroatoms. The van der Waals surface area contributed by atoms with Crippen LogP contribution in [0.15, 0.2) is 24.3 Å². The Bertz CT molecular complexity index is 388. The van der Waals surface area contributed by atoms with Crippen molar-refractivity contribution in [1.29, 1.82) is 0 Å². The fourth-order valence-electron chi connectivity index (χ4n) is 1.90. The predicted octanol–water partition coefficient (Wildman–Crippen LogP) is 2.52. The van der Waals surface area contributed by atoms with Gasteiger partial charge in [0.15, 0.2) is 0 Å². The number of hydrogen-bond acceptors (Lipinski definition) is 3. The summed E-state index contributed by atoms with van der Waals surface area (Å²) in [6.07, 6.45) is 3.19. The van der Waals surface area contributed by atoms with E-state index in [0.717, 1.165) is 30.6 Å². The van der Waals surface area contributed by atoms with Crippen LogP contribution in [0.2, 0.25) is 0 Å². The van der Waals surface area contributed by atoms with Gasteiger partial charge in [-0.3, -0.25) is 4.79 Å². The Labute approximate surface area is 115 Å². The molecule has 1 rings (SSSR count). The Hall–Kier alpha value is -1.55. The summed E-state index contributed by atoms with van der Waals surface area (Å²) in [5, 5.41) is 0. The average molecular weight is 264 g/mol. The zero-order valence-corrected chi connectivity index (χ0v) is 11.8. The first-order valence-corrected chi connectivity index (χ1v) is 6.79. The summed E-state index contributed by atoms with van der Waals surface area (Å²) in [5.41, 5.74) is 12.3. The molecule has 1 aromatic carbocycles. The van der Waals surface area contributed by atoms with Gasteiger partial charge < -0.3 is 16.2 Å². The van der Waals surface area contributed by atoms with E-state index in [2.05, 4.69) is 0 Å². The molecule has 0 saturated heterocycles. The number of carbonyl (C=O) groups excluding carboxylic acids is 1. The molecule has 0 aliphatic heterocycles. The van der Waals surface area contributed by atoms with Crippen LogP contribution in [0.4, 0.5) is 0 Å². The highest BCUT2D eigenvalue weighted by molar-refractivity contribution is 5.73. The zero-order chi connectivity index (χ0) is 14.3. The van der Waals surface area contributed by atoms with E-state index in [1.165, 1.54) is 0 Å². The minimum atomic E-state index is -0.247. The third-order valence-corrected chi connectivity index (χ3v) is 2.87. The molecule has 0 aromatic heterocycles. The van der Waals surface area contributed by atoms with Gasteiger partial charge in [-0.1, -0.05) is 18.6 Å². The lowest BCUT2D eigenvalue weighted by Gasteiger charge is -2.14. The van der Waals surface area contributed by atoms with Crippen LogP contribution in [0.5, 0.6) is 5.75 Å². The zero-order valence-electron chi connectivity index (χ0n) is 11.8. The molecule has 0 saturated carbocycles. The van der Waals surface area contributed by atoms with E-state index in [1.54, 1.807) is 0 Å². The summed E-state index contributed by atoms with van der Waals surface area (Å²) < 4.78 is 5.58. The van der Waals surface area contributed by atoms with Crippen LogP contribution in [0.1, 0.15) is 51.1 Å². The molecule has 1 atom stereocenters. The number of nitrogens with two attached hydrogens (primary N) is 2. The van der Waals surface area contributed by atoms with Crippen LogP contribution in [0, 0.1) is 0 Å². The van der Waals surface area contributed by atoms with Crippen molar-refractivity contribution in [2.45, 2.75) is 51.7 Å². The molecule has 0 spiro atoms. The van der Waals surface area contributed by atoms with Gasteiger partial charge in [0.1, 0.15) is 5.75 Å². The topological polar surface area (TPSA) is 78.3 Å². The fourth-order valence-corrected chi connectivity index (χ4v) is 1.90. The summed E-state index contributed by atoms with van der Waals surface area (Å²) in [4.78, 5) is 10.6. The molecule has 0 fully saturated rings. The Morgan fingerprint density at radius 2 is 1.84 bits per heavy atom. The van der Waals surface area contributed by atoms with Gasteiger partial charge in [-0.05, 0) is 44.4 Å². The summed E-state index contributed by atoms with van der Waals surface area (Å²) >= 11 is 0. The lowest BCUT2D eigenvalue weighted by molar-refractivity contribution is -0.118. The number of unbranched alkanes of at least 4 members (excludes halogenated alkanes) is 1. The molecule has 0 aliphatic rings. The van der Waals surface area contributed by atoms with E-state index in [4.69, 9.17) is 16.2 Å². The first kappa shape index (κ1) is 15.5. The van der Waals surface area contributed by atoms with Gasteiger partial charge in [0.25, 0.3) is 0 Å².